The summed E-state index contributed by atoms with van der Waals surface area (Å²) in [6.07, 6.45) is 1.59. The van der Waals surface area contributed by atoms with Crippen LogP contribution < -0.4 is 25.0 Å². The van der Waals surface area contributed by atoms with E-state index in [-0.39, 0.29) is 6.79 Å². The molecule has 4 rings (SSSR count). The Morgan fingerprint density at radius 1 is 1.04 bits per heavy atom. The molecule has 0 saturated carbocycles. The van der Waals surface area contributed by atoms with Gasteiger partial charge in [0.15, 0.2) is 17.3 Å². The standard InChI is InChI=1S/C19H20N6O2/c1-25(2)15-6-4-14(5-7-15)22-18-11-21-24-19(23-18)20-10-13-3-8-16-17(9-13)27-12-26-16/h3-9,11H,10,12H2,1-2H3,(H2,20,22,23,24). The van der Waals surface area contributed by atoms with E-state index < -0.39 is 0 Å². The van der Waals surface area contributed by atoms with Crippen molar-refractivity contribution in [2.75, 3.05) is 36.4 Å². The summed E-state index contributed by atoms with van der Waals surface area (Å²) in [5.41, 5.74) is 3.11. The first-order valence-electron chi connectivity index (χ1n) is 8.54. The molecule has 0 atom stereocenters. The minimum Gasteiger partial charge on any atom is -0.454 e. The van der Waals surface area contributed by atoms with Gasteiger partial charge in [-0.15, -0.1) is 5.10 Å². The van der Waals surface area contributed by atoms with Crippen molar-refractivity contribution < 1.29 is 9.47 Å². The maximum Gasteiger partial charge on any atom is 0.244 e. The topological polar surface area (TPSA) is 84.4 Å². The molecular weight excluding hydrogens is 344 g/mol. The highest BCUT2D eigenvalue weighted by Gasteiger charge is 2.13. The van der Waals surface area contributed by atoms with Crippen molar-refractivity contribution in [3.8, 4) is 11.5 Å². The van der Waals surface area contributed by atoms with Gasteiger partial charge in [0, 0.05) is 32.0 Å². The van der Waals surface area contributed by atoms with Crippen molar-refractivity contribution in [2.45, 2.75) is 6.54 Å². The van der Waals surface area contributed by atoms with Crippen LogP contribution in [0.4, 0.5) is 23.1 Å². The number of rotatable bonds is 6. The van der Waals surface area contributed by atoms with Gasteiger partial charge in [-0.2, -0.15) is 10.1 Å². The molecule has 0 fully saturated rings. The minimum absolute atomic E-state index is 0.266. The third kappa shape index (κ3) is 4.00. The van der Waals surface area contributed by atoms with Crippen LogP contribution in [0.25, 0.3) is 0 Å². The molecule has 0 radical (unpaired) electrons. The average Bonchev–Trinajstić information content (AvgIpc) is 3.15. The fraction of sp³-hybridized carbons (Fsp3) is 0.211. The number of ether oxygens (including phenoxy) is 2. The van der Waals surface area contributed by atoms with Gasteiger partial charge in [-0.25, -0.2) is 0 Å². The molecule has 0 aliphatic carbocycles. The maximum absolute atomic E-state index is 5.39. The molecule has 0 saturated heterocycles. The Morgan fingerprint density at radius 2 is 1.85 bits per heavy atom. The second-order valence-corrected chi connectivity index (χ2v) is 6.27. The molecule has 1 aliphatic rings. The van der Waals surface area contributed by atoms with Gasteiger partial charge in [0.05, 0.1) is 6.20 Å². The first-order valence-corrected chi connectivity index (χ1v) is 8.54. The monoisotopic (exact) mass is 364 g/mol. The van der Waals surface area contributed by atoms with E-state index in [1.807, 2.05) is 61.5 Å². The van der Waals surface area contributed by atoms with E-state index in [4.69, 9.17) is 9.47 Å². The summed E-state index contributed by atoms with van der Waals surface area (Å²) in [4.78, 5) is 6.50. The normalized spacial score (nSPS) is 11.9. The van der Waals surface area contributed by atoms with E-state index in [1.165, 1.54) is 0 Å². The molecule has 27 heavy (non-hydrogen) atoms. The van der Waals surface area contributed by atoms with E-state index in [0.717, 1.165) is 28.4 Å². The third-order valence-electron chi connectivity index (χ3n) is 4.10. The van der Waals surface area contributed by atoms with Gasteiger partial charge < -0.3 is 25.0 Å². The molecule has 1 aromatic heterocycles. The van der Waals surface area contributed by atoms with Gasteiger partial charge in [-0.1, -0.05) is 6.07 Å². The highest BCUT2D eigenvalue weighted by molar-refractivity contribution is 5.60. The van der Waals surface area contributed by atoms with Crippen LogP contribution in [0.2, 0.25) is 0 Å². The molecule has 0 bridgehead atoms. The second kappa shape index (κ2) is 7.36. The van der Waals surface area contributed by atoms with Gasteiger partial charge >= 0.3 is 0 Å². The first kappa shape index (κ1) is 16.9. The summed E-state index contributed by atoms with van der Waals surface area (Å²) < 4.78 is 10.7. The number of fused-ring (bicyclic) bond motifs is 1. The number of benzene rings is 2. The van der Waals surface area contributed by atoms with Crippen LogP contribution in [0.1, 0.15) is 5.56 Å². The Labute approximate surface area is 157 Å². The Kier molecular flexibility index (Phi) is 4.61. The minimum atomic E-state index is 0.266. The summed E-state index contributed by atoms with van der Waals surface area (Å²) in [6, 6.07) is 13.9. The Balaban J connectivity index is 1.40. The summed E-state index contributed by atoms with van der Waals surface area (Å²) in [6.45, 7) is 0.821. The van der Waals surface area contributed by atoms with Crippen molar-refractivity contribution >= 4 is 23.1 Å². The lowest BCUT2D eigenvalue weighted by molar-refractivity contribution is 0.174. The van der Waals surface area contributed by atoms with Gasteiger partial charge in [0.2, 0.25) is 12.7 Å². The van der Waals surface area contributed by atoms with Gasteiger partial charge in [0.1, 0.15) is 0 Å². The molecular formula is C19H20N6O2. The van der Waals surface area contributed by atoms with Crippen LogP contribution in [-0.2, 0) is 6.54 Å². The largest absolute Gasteiger partial charge is 0.454 e. The van der Waals surface area contributed by atoms with Crippen LogP contribution >= 0.6 is 0 Å². The molecule has 2 heterocycles. The quantitative estimate of drug-likeness (QED) is 0.690. The molecule has 8 heteroatoms. The molecule has 0 unspecified atom stereocenters. The lowest BCUT2D eigenvalue weighted by Crippen LogP contribution is -2.08. The SMILES string of the molecule is CN(C)c1ccc(Nc2cnnc(NCc3ccc4c(c3)OCO4)n2)cc1. The maximum atomic E-state index is 5.39. The smallest absolute Gasteiger partial charge is 0.244 e. The zero-order valence-corrected chi connectivity index (χ0v) is 15.1. The van der Waals surface area contributed by atoms with Crippen LogP contribution in [0.3, 0.4) is 0 Å². The number of hydrogen-bond acceptors (Lipinski definition) is 8. The number of anilines is 4. The molecule has 0 spiro atoms. The second-order valence-electron chi connectivity index (χ2n) is 6.27. The van der Waals surface area contributed by atoms with Crippen molar-refractivity contribution in [1.29, 1.82) is 0 Å². The zero-order valence-electron chi connectivity index (χ0n) is 15.1. The lowest BCUT2D eigenvalue weighted by Gasteiger charge is -2.13. The molecule has 1 aliphatic heterocycles. The number of nitrogens with zero attached hydrogens (tertiary/aromatic N) is 4. The average molecular weight is 364 g/mol. The molecule has 3 aromatic rings. The van der Waals surface area contributed by atoms with E-state index in [0.29, 0.717) is 18.3 Å². The molecule has 138 valence electrons. The summed E-state index contributed by atoms with van der Waals surface area (Å²) in [7, 11) is 4.02. The van der Waals surface area contributed by atoms with Gasteiger partial charge in [-0.05, 0) is 42.0 Å². The van der Waals surface area contributed by atoms with E-state index in [2.05, 4.69) is 25.8 Å². The molecule has 2 aromatic carbocycles. The summed E-state index contributed by atoms with van der Waals surface area (Å²) >= 11 is 0. The third-order valence-corrected chi connectivity index (χ3v) is 4.10. The fourth-order valence-electron chi connectivity index (χ4n) is 2.66. The summed E-state index contributed by atoms with van der Waals surface area (Å²) in [5, 5.41) is 14.4. The number of aromatic nitrogens is 3. The Morgan fingerprint density at radius 3 is 2.67 bits per heavy atom. The first-order chi connectivity index (χ1) is 13.2. The van der Waals surface area contributed by atoms with Crippen LogP contribution in [-0.4, -0.2) is 36.1 Å². The molecule has 2 N–H and O–H groups in total. The molecule has 8 nitrogen and oxygen atoms in total. The number of nitrogens with one attached hydrogen (secondary N) is 2. The van der Waals surface area contributed by atoms with Crippen molar-refractivity contribution in [1.82, 2.24) is 15.2 Å². The van der Waals surface area contributed by atoms with E-state index in [9.17, 15) is 0 Å². The Hall–Kier alpha value is -3.55. The van der Waals surface area contributed by atoms with Gasteiger partial charge in [0.25, 0.3) is 0 Å². The van der Waals surface area contributed by atoms with Crippen molar-refractivity contribution in [2.24, 2.45) is 0 Å². The van der Waals surface area contributed by atoms with Crippen molar-refractivity contribution in [3.63, 3.8) is 0 Å². The summed E-state index contributed by atoms with van der Waals surface area (Å²) in [5.74, 6) is 2.59. The van der Waals surface area contributed by atoms with E-state index in [1.54, 1.807) is 6.20 Å². The highest BCUT2D eigenvalue weighted by atomic mass is 16.7. The van der Waals surface area contributed by atoms with Crippen LogP contribution in [0.15, 0.2) is 48.7 Å². The lowest BCUT2D eigenvalue weighted by atomic mass is 10.2. The fourth-order valence-corrected chi connectivity index (χ4v) is 2.66. The van der Waals surface area contributed by atoms with Crippen LogP contribution in [0.5, 0.6) is 11.5 Å². The Bertz CT molecular complexity index is 930. The molecule has 0 amide bonds. The van der Waals surface area contributed by atoms with Crippen molar-refractivity contribution in [3.05, 3.63) is 54.2 Å². The van der Waals surface area contributed by atoms with E-state index >= 15 is 0 Å². The highest BCUT2D eigenvalue weighted by Crippen LogP contribution is 2.32. The number of hydrogen-bond donors (Lipinski definition) is 2. The van der Waals surface area contributed by atoms with Gasteiger partial charge in [-0.3, -0.25) is 0 Å². The predicted octanol–water partition coefficient (Wildman–Crippen LogP) is 3.02. The van der Waals surface area contributed by atoms with Crippen LogP contribution in [0, 0.1) is 0 Å². The predicted molar refractivity (Wildman–Crippen MR) is 104 cm³/mol. The zero-order chi connectivity index (χ0) is 18.6.